The van der Waals surface area contributed by atoms with Gasteiger partial charge < -0.3 is 14.5 Å². The molecule has 6 nitrogen and oxygen atoms in total. The van der Waals surface area contributed by atoms with Crippen molar-refractivity contribution in [2.45, 2.75) is 18.9 Å². The number of carbonyl (C=O) groups is 2. The maximum Gasteiger partial charge on any atom is 0.257 e. The Balaban J connectivity index is 1.43. The molecule has 2 aliphatic heterocycles. The van der Waals surface area contributed by atoms with Crippen molar-refractivity contribution in [2.75, 3.05) is 46.4 Å². The molecule has 4 rings (SSSR count). The molecule has 0 aliphatic carbocycles. The van der Waals surface area contributed by atoms with Gasteiger partial charge in [-0.15, -0.1) is 0 Å². The number of para-hydroxylation sites is 1. The van der Waals surface area contributed by atoms with Gasteiger partial charge in [0.25, 0.3) is 5.91 Å². The smallest absolute Gasteiger partial charge is 0.257 e. The first-order valence-corrected chi connectivity index (χ1v) is 10.7. The molecule has 0 radical (unpaired) electrons. The van der Waals surface area contributed by atoms with E-state index in [1.54, 1.807) is 0 Å². The van der Waals surface area contributed by atoms with E-state index in [0.29, 0.717) is 44.0 Å². The van der Waals surface area contributed by atoms with Gasteiger partial charge in [0.15, 0.2) is 0 Å². The Hall–Kier alpha value is -2.86. The lowest BCUT2D eigenvalue weighted by molar-refractivity contribution is -0.128. The summed E-state index contributed by atoms with van der Waals surface area (Å²) in [6, 6.07) is 17.9. The number of ether oxygens (including phenoxy) is 1. The van der Waals surface area contributed by atoms with Crippen LogP contribution in [0.15, 0.2) is 54.6 Å². The lowest BCUT2D eigenvalue weighted by Crippen LogP contribution is -2.49. The van der Waals surface area contributed by atoms with E-state index in [0.717, 1.165) is 19.5 Å². The fourth-order valence-corrected chi connectivity index (χ4v) is 4.24. The molecule has 0 saturated carbocycles. The van der Waals surface area contributed by atoms with E-state index >= 15 is 0 Å². The molecule has 2 aromatic carbocycles. The number of hydrogen-bond donors (Lipinski definition) is 0. The minimum atomic E-state index is -0.00289. The van der Waals surface area contributed by atoms with E-state index < -0.39 is 0 Å². The largest absolute Gasteiger partial charge is 0.491 e. The first-order valence-electron chi connectivity index (χ1n) is 10.7. The third kappa shape index (κ3) is 4.49. The number of nitrogens with zero attached hydrogens (tertiary/aromatic N) is 3. The molecule has 30 heavy (non-hydrogen) atoms. The van der Waals surface area contributed by atoms with Crippen LogP contribution >= 0.6 is 0 Å². The molecule has 2 aromatic rings. The van der Waals surface area contributed by atoms with Gasteiger partial charge in [0.1, 0.15) is 12.4 Å². The van der Waals surface area contributed by atoms with Gasteiger partial charge >= 0.3 is 0 Å². The van der Waals surface area contributed by atoms with Gasteiger partial charge in [-0.05, 0) is 31.2 Å². The molecule has 2 amide bonds. The highest BCUT2D eigenvalue weighted by Gasteiger charge is 2.30. The van der Waals surface area contributed by atoms with E-state index in [4.69, 9.17) is 4.74 Å². The monoisotopic (exact) mass is 407 g/mol. The second-order valence-electron chi connectivity index (χ2n) is 7.99. The number of benzene rings is 2. The number of carbonyl (C=O) groups excluding carboxylic acids is 2. The second kappa shape index (κ2) is 9.30. The Kier molecular flexibility index (Phi) is 6.33. The van der Waals surface area contributed by atoms with Crippen LogP contribution in [0.2, 0.25) is 0 Å². The lowest BCUT2D eigenvalue weighted by atomic mass is 10.0. The van der Waals surface area contributed by atoms with Crippen LogP contribution in [0, 0.1) is 0 Å². The minimum Gasteiger partial charge on any atom is -0.491 e. The molecule has 6 heteroatoms. The Morgan fingerprint density at radius 1 is 1.03 bits per heavy atom. The highest BCUT2D eigenvalue weighted by molar-refractivity contribution is 5.97. The molecular formula is C24H29N3O3. The van der Waals surface area contributed by atoms with Gasteiger partial charge in [-0.1, -0.05) is 42.5 Å². The summed E-state index contributed by atoms with van der Waals surface area (Å²) in [5.74, 6) is 0.772. The summed E-state index contributed by atoms with van der Waals surface area (Å²) in [6.07, 6.45) is 1.54. The van der Waals surface area contributed by atoms with Gasteiger partial charge in [0.05, 0.1) is 18.2 Å². The fraction of sp³-hybridized carbons (Fsp3) is 0.417. The first-order chi connectivity index (χ1) is 14.6. The Morgan fingerprint density at radius 3 is 2.57 bits per heavy atom. The second-order valence-corrected chi connectivity index (χ2v) is 7.99. The van der Waals surface area contributed by atoms with Crippen molar-refractivity contribution in [3.63, 3.8) is 0 Å². The van der Waals surface area contributed by atoms with Crippen LogP contribution in [-0.4, -0.2) is 72.9 Å². The predicted octanol–water partition coefficient (Wildman–Crippen LogP) is 2.82. The van der Waals surface area contributed by atoms with E-state index in [2.05, 4.69) is 24.1 Å². The molecule has 0 spiro atoms. The maximum atomic E-state index is 13.3. The SMILES string of the molecule is CN1CCN(C(=O)c2ccccc2OCCN2CCCC2=O)C[C@@H]1c1ccccc1. The number of rotatable bonds is 6. The summed E-state index contributed by atoms with van der Waals surface area (Å²) < 4.78 is 5.94. The van der Waals surface area contributed by atoms with Crippen LogP contribution in [0.4, 0.5) is 0 Å². The number of piperazine rings is 1. The van der Waals surface area contributed by atoms with Gasteiger partial charge in [0.2, 0.25) is 5.91 Å². The highest BCUT2D eigenvalue weighted by atomic mass is 16.5. The summed E-state index contributed by atoms with van der Waals surface area (Å²) in [7, 11) is 2.11. The Bertz CT molecular complexity index is 886. The first kappa shape index (κ1) is 20.4. The Morgan fingerprint density at radius 2 is 1.80 bits per heavy atom. The van der Waals surface area contributed by atoms with Gasteiger partial charge in [-0.3, -0.25) is 14.5 Å². The van der Waals surface area contributed by atoms with E-state index in [9.17, 15) is 9.59 Å². The fourth-order valence-electron chi connectivity index (χ4n) is 4.24. The third-order valence-electron chi connectivity index (χ3n) is 6.03. The van der Waals surface area contributed by atoms with Crippen molar-refractivity contribution >= 4 is 11.8 Å². The standard InChI is InChI=1S/C24H29N3O3/c1-25-14-15-27(18-21(25)19-8-3-2-4-9-19)24(29)20-10-5-6-11-22(20)30-17-16-26-13-7-12-23(26)28/h2-6,8-11,21H,7,12-18H2,1H3/t21-/m1/s1. The molecule has 2 fully saturated rings. The van der Waals surface area contributed by atoms with Crippen LogP contribution in [-0.2, 0) is 4.79 Å². The van der Waals surface area contributed by atoms with Crippen molar-refractivity contribution in [1.82, 2.24) is 14.7 Å². The normalized spacial score (nSPS) is 19.9. The van der Waals surface area contributed by atoms with E-state index in [1.807, 2.05) is 52.3 Å². The van der Waals surface area contributed by atoms with E-state index in [1.165, 1.54) is 5.56 Å². The van der Waals surface area contributed by atoms with Gasteiger partial charge in [-0.25, -0.2) is 0 Å². The van der Waals surface area contributed by atoms with Crippen LogP contribution in [0.3, 0.4) is 0 Å². The number of likely N-dealkylation sites (N-methyl/N-ethyl adjacent to an activating group) is 1. The van der Waals surface area contributed by atoms with Crippen molar-refractivity contribution in [3.05, 3.63) is 65.7 Å². The zero-order chi connectivity index (χ0) is 20.9. The molecule has 0 bridgehead atoms. The average Bonchev–Trinajstić information content (AvgIpc) is 3.19. The highest BCUT2D eigenvalue weighted by Crippen LogP contribution is 2.27. The zero-order valence-corrected chi connectivity index (χ0v) is 17.5. The zero-order valence-electron chi connectivity index (χ0n) is 17.5. The summed E-state index contributed by atoms with van der Waals surface area (Å²) in [5.41, 5.74) is 1.80. The minimum absolute atomic E-state index is 0.00289. The van der Waals surface area contributed by atoms with E-state index in [-0.39, 0.29) is 17.9 Å². The number of amides is 2. The van der Waals surface area contributed by atoms with Crippen LogP contribution in [0.5, 0.6) is 5.75 Å². The van der Waals surface area contributed by atoms with Gasteiger partial charge in [0, 0.05) is 32.6 Å². The molecule has 2 saturated heterocycles. The van der Waals surface area contributed by atoms with Crippen LogP contribution in [0.1, 0.15) is 34.8 Å². The number of likely N-dealkylation sites (tertiary alicyclic amines) is 1. The molecule has 158 valence electrons. The molecule has 2 heterocycles. The molecular weight excluding hydrogens is 378 g/mol. The third-order valence-corrected chi connectivity index (χ3v) is 6.03. The maximum absolute atomic E-state index is 13.3. The van der Waals surface area contributed by atoms with Crippen molar-refractivity contribution in [3.8, 4) is 5.75 Å². The van der Waals surface area contributed by atoms with Gasteiger partial charge in [-0.2, -0.15) is 0 Å². The molecule has 1 atom stereocenters. The Labute approximate surface area is 178 Å². The molecule has 2 aliphatic rings. The molecule has 0 aromatic heterocycles. The summed E-state index contributed by atoms with van der Waals surface area (Å²) in [5, 5.41) is 0. The quantitative estimate of drug-likeness (QED) is 0.739. The van der Waals surface area contributed by atoms with Crippen molar-refractivity contribution in [2.24, 2.45) is 0 Å². The molecule has 0 N–H and O–H groups in total. The summed E-state index contributed by atoms with van der Waals surface area (Å²) in [4.78, 5) is 31.2. The predicted molar refractivity (Wildman–Crippen MR) is 115 cm³/mol. The van der Waals surface area contributed by atoms with Crippen LogP contribution < -0.4 is 4.74 Å². The summed E-state index contributed by atoms with van der Waals surface area (Å²) in [6.45, 7) is 3.92. The number of hydrogen-bond acceptors (Lipinski definition) is 4. The van der Waals surface area contributed by atoms with Crippen molar-refractivity contribution < 1.29 is 14.3 Å². The van der Waals surface area contributed by atoms with Crippen molar-refractivity contribution in [1.29, 1.82) is 0 Å². The average molecular weight is 408 g/mol. The van der Waals surface area contributed by atoms with Crippen LogP contribution in [0.25, 0.3) is 0 Å². The lowest BCUT2D eigenvalue weighted by Gasteiger charge is -2.40. The topological polar surface area (TPSA) is 53.1 Å². The summed E-state index contributed by atoms with van der Waals surface area (Å²) >= 11 is 0. The molecule has 0 unspecified atom stereocenters.